The summed E-state index contributed by atoms with van der Waals surface area (Å²) in [5.74, 6) is 1.87. The first-order chi connectivity index (χ1) is 11.5. The minimum Gasteiger partial charge on any atom is -0.491 e. The smallest absolute Gasteiger partial charge is 0.122 e. The Hall–Kier alpha value is -2.16. The van der Waals surface area contributed by atoms with Crippen LogP contribution in [0.3, 0.4) is 0 Å². The molecule has 3 heteroatoms. The number of aryl methyl sites for hydroxylation is 2. The maximum Gasteiger partial charge on any atom is 0.122 e. The summed E-state index contributed by atoms with van der Waals surface area (Å²) in [6, 6.07) is 14.4. The Kier molecular flexibility index (Phi) is 6.53. The summed E-state index contributed by atoms with van der Waals surface area (Å²) in [6.45, 7) is 11.2. The molecule has 0 heterocycles. The van der Waals surface area contributed by atoms with Gasteiger partial charge in [-0.2, -0.15) is 0 Å². The number of benzene rings is 2. The summed E-state index contributed by atoms with van der Waals surface area (Å²) >= 11 is 0. The van der Waals surface area contributed by atoms with E-state index in [1.54, 1.807) is 0 Å². The molecule has 2 aromatic carbocycles. The number of hydrogen-bond acceptors (Lipinski definition) is 3. The molecule has 0 aliphatic carbocycles. The van der Waals surface area contributed by atoms with Crippen molar-refractivity contribution in [1.82, 2.24) is 0 Å². The second-order valence-corrected chi connectivity index (χ2v) is 6.44. The van der Waals surface area contributed by atoms with Crippen LogP contribution in [0.5, 0.6) is 11.5 Å². The van der Waals surface area contributed by atoms with Gasteiger partial charge in [0, 0.05) is 5.69 Å². The third kappa shape index (κ3) is 5.48. The van der Waals surface area contributed by atoms with E-state index in [4.69, 9.17) is 9.47 Å². The van der Waals surface area contributed by atoms with Crippen LogP contribution in [0.4, 0.5) is 5.69 Å². The summed E-state index contributed by atoms with van der Waals surface area (Å²) in [5, 5.41) is 3.41. The van der Waals surface area contributed by atoms with Crippen LogP contribution in [0, 0.1) is 13.8 Å². The van der Waals surface area contributed by atoms with Crippen molar-refractivity contribution in [1.29, 1.82) is 0 Å². The molecule has 2 atom stereocenters. The summed E-state index contributed by atoms with van der Waals surface area (Å²) in [7, 11) is 0. The lowest BCUT2D eigenvalue weighted by Crippen LogP contribution is -2.23. The molecular weight excluding hydrogens is 298 g/mol. The molecule has 0 aliphatic heterocycles. The van der Waals surface area contributed by atoms with Crippen LogP contribution in [0.1, 0.15) is 38.3 Å². The molecule has 0 radical (unpaired) electrons. The highest BCUT2D eigenvalue weighted by Crippen LogP contribution is 2.21. The van der Waals surface area contributed by atoms with Crippen molar-refractivity contribution in [2.75, 3.05) is 11.9 Å². The molecular formula is C21H29NO2. The van der Waals surface area contributed by atoms with Crippen LogP contribution in [-0.4, -0.2) is 18.8 Å². The van der Waals surface area contributed by atoms with Crippen molar-refractivity contribution in [3.8, 4) is 11.5 Å². The molecule has 0 saturated heterocycles. The Labute approximate surface area is 146 Å². The summed E-state index contributed by atoms with van der Waals surface area (Å²) in [5.41, 5.74) is 3.45. The third-order valence-corrected chi connectivity index (χ3v) is 4.03. The van der Waals surface area contributed by atoms with E-state index >= 15 is 0 Å². The van der Waals surface area contributed by atoms with Gasteiger partial charge in [-0.05, 0) is 75.6 Å². The number of ether oxygens (including phenoxy) is 2. The molecule has 2 rings (SSSR count). The van der Waals surface area contributed by atoms with Gasteiger partial charge in [-0.3, -0.25) is 0 Å². The first-order valence-electron chi connectivity index (χ1n) is 8.72. The van der Waals surface area contributed by atoms with Crippen molar-refractivity contribution >= 4 is 5.69 Å². The van der Waals surface area contributed by atoms with Gasteiger partial charge in [0.2, 0.25) is 0 Å². The summed E-state index contributed by atoms with van der Waals surface area (Å²) in [4.78, 5) is 0. The molecule has 0 fully saturated rings. The van der Waals surface area contributed by atoms with E-state index in [0.29, 0.717) is 0 Å². The molecule has 0 aliphatic rings. The first kappa shape index (κ1) is 18.2. The van der Waals surface area contributed by atoms with Gasteiger partial charge in [0.05, 0.1) is 12.6 Å². The summed E-state index contributed by atoms with van der Waals surface area (Å²) < 4.78 is 11.8. The van der Waals surface area contributed by atoms with E-state index < -0.39 is 0 Å². The van der Waals surface area contributed by atoms with Crippen LogP contribution < -0.4 is 14.8 Å². The van der Waals surface area contributed by atoms with Gasteiger partial charge in [-0.1, -0.05) is 19.1 Å². The van der Waals surface area contributed by atoms with Gasteiger partial charge in [-0.15, -0.1) is 0 Å². The molecule has 0 spiro atoms. The van der Waals surface area contributed by atoms with Crippen molar-refractivity contribution in [3.05, 3.63) is 53.6 Å². The second-order valence-electron chi connectivity index (χ2n) is 6.44. The molecule has 0 saturated carbocycles. The number of rotatable bonds is 8. The lowest BCUT2D eigenvalue weighted by molar-refractivity contribution is 0.217. The normalized spacial score (nSPS) is 13.2. The fourth-order valence-corrected chi connectivity index (χ4v) is 2.32. The zero-order valence-corrected chi connectivity index (χ0v) is 15.4. The molecule has 3 nitrogen and oxygen atoms in total. The van der Waals surface area contributed by atoms with Gasteiger partial charge in [0.25, 0.3) is 0 Å². The van der Waals surface area contributed by atoms with Crippen molar-refractivity contribution < 1.29 is 9.47 Å². The van der Waals surface area contributed by atoms with Crippen LogP contribution >= 0.6 is 0 Å². The standard InChI is InChI=1S/C21H29NO2/c1-6-17(4)23-20-11-9-19(10-12-20)22-14-18(5)24-21-13-15(2)7-8-16(21)3/h7-13,17-18,22H,6,14H2,1-5H3/t17-,18-/m0/s1. The van der Waals surface area contributed by atoms with E-state index in [9.17, 15) is 0 Å². The van der Waals surface area contributed by atoms with E-state index in [0.717, 1.165) is 30.2 Å². The van der Waals surface area contributed by atoms with Gasteiger partial charge in [0.1, 0.15) is 17.6 Å². The second kappa shape index (κ2) is 8.62. The van der Waals surface area contributed by atoms with E-state index in [2.05, 4.69) is 58.1 Å². The van der Waals surface area contributed by atoms with Crippen molar-refractivity contribution in [3.63, 3.8) is 0 Å². The molecule has 0 bridgehead atoms. The van der Waals surface area contributed by atoms with Gasteiger partial charge in [-0.25, -0.2) is 0 Å². The topological polar surface area (TPSA) is 30.5 Å². The fourth-order valence-electron chi connectivity index (χ4n) is 2.32. The lowest BCUT2D eigenvalue weighted by Gasteiger charge is -2.18. The predicted molar refractivity (Wildman–Crippen MR) is 101 cm³/mol. The van der Waals surface area contributed by atoms with Crippen LogP contribution in [0.25, 0.3) is 0 Å². The molecule has 2 aromatic rings. The first-order valence-corrected chi connectivity index (χ1v) is 8.72. The highest BCUT2D eigenvalue weighted by Gasteiger charge is 2.07. The molecule has 0 amide bonds. The minimum absolute atomic E-state index is 0.0848. The largest absolute Gasteiger partial charge is 0.491 e. The fraction of sp³-hybridized carbons (Fsp3) is 0.429. The van der Waals surface area contributed by atoms with Crippen LogP contribution in [-0.2, 0) is 0 Å². The maximum atomic E-state index is 6.05. The number of nitrogens with one attached hydrogen (secondary N) is 1. The quantitative estimate of drug-likeness (QED) is 0.708. The third-order valence-electron chi connectivity index (χ3n) is 4.03. The zero-order chi connectivity index (χ0) is 17.5. The highest BCUT2D eigenvalue weighted by atomic mass is 16.5. The van der Waals surface area contributed by atoms with E-state index in [-0.39, 0.29) is 12.2 Å². The highest BCUT2D eigenvalue weighted by molar-refractivity contribution is 5.46. The molecule has 130 valence electrons. The average molecular weight is 327 g/mol. The SMILES string of the molecule is CC[C@H](C)Oc1ccc(NC[C@H](C)Oc2cc(C)ccc2C)cc1. The molecule has 0 aromatic heterocycles. The Morgan fingerprint density at radius 2 is 1.62 bits per heavy atom. The van der Waals surface area contributed by atoms with Gasteiger partial charge in [0.15, 0.2) is 0 Å². The Morgan fingerprint density at radius 1 is 0.917 bits per heavy atom. The molecule has 1 N–H and O–H groups in total. The lowest BCUT2D eigenvalue weighted by atomic mass is 10.1. The average Bonchev–Trinajstić information content (AvgIpc) is 2.57. The van der Waals surface area contributed by atoms with Gasteiger partial charge >= 0.3 is 0 Å². The van der Waals surface area contributed by atoms with E-state index in [1.807, 2.05) is 24.3 Å². The van der Waals surface area contributed by atoms with Crippen molar-refractivity contribution in [2.45, 2.75) is 53.2 Å². The maximum absolute atomic E-state index is 6.05. The van der Waals surface area contributed by atoms with E-state index in [1.165, 1.54) is 11.1 Å². The van der Waals surface area contributed by atoms with Crippen LogP contribution in [0.2, 0.25) is 0 Å². The Morgan fingerprint density at radius 3 is 2.29 bits per heavy atom. The molecule has 0 unspecified atom stereocenters. The Balaban J connectivity index is 1.85. The Bertz CT molecular complexity index is 637. The summed E-state index contributed by atoms with van der Waals surface area (Å²) in [6.07, 6.45) is 1.34. The zero-order valence-electron chi connectivity index (χ0n) is 15.4. The molecule has 24 heavy (non-hydrogen) atoms. The monoisotopic (exact) mass is 327 g/mol. The van der Waals surface area contributed by atoms with Gasteiger partial charge < -0.3 is 14.8 Å². The number of hydrogen-bond donors (Lipinski definition) is 1. The van der Waals surface area contributed by atoms with Crippen LogP contribution in [0.15, 0.2) is 42.5 Å². The predicted octanol–water partition coefficient (Wildman–Crippen LogP) is 5.36. The minimum atomic E-state index is 0.0848. The number of anilines is 1. The van der Waals surface area contributed by atoms with Crippen molar-refractivity contribution in [2.24, 2.45) is 0 Å².